The van der Waals surface area contributed by atoms with Crippen molar-refractivity contribution >= 4 is 23.5 Å². The molecule has 114 valence electrons. The number of carbonyl (C=O) groups is 3. The van der Waals surface area contributed by atoms with Crippen molar-refractivity contribution in [2.45, 2.75) is 6.42 Å². The van der Waals surface area contributed by atoms with Gasteiger partial charge >= 0.3 is 5.97 Å². The second kappa shape index (κ2) is 8.70. The molecular weight excluding hydrogens is 276 g/mol. The van der Waals surface area contributed by atoms with Gasteiger partial charge in [-0.1, -0.05) is 12.1 Å². The number of nitrogens with one attached hydrogen (secondary N) is 2. The summed E-state index contributed by atoms with van der Waals surface area (Å²) < 4.78 is 9.25. The minimum Gasteiger partial charge on any atom is -0.469 e. The van der Waals surface area contributed by atoms with E-state index >= 15 is 0 Å². The highest BCUT2D eigenvalue weighted by molar-refractivity contribution is 6.07. The van der Waals surface area contributed by atoms with E-state index in [1.807, 2.05) is 0 Å². The first-order chi connectivity index (χ1) is 10.1. The third-order valence-corrected chi connectivity index (χ3v) is 2.57. The van der Waals surface area contributed by atoms with Gasteiger partial charge in [0, 0.05) is 13.7 Å². The Kier molecular flexibility index (Phi) is 6.90. The number of ether oxygens (including phenoxy) is 2. The largest absolute Gasteiger partial charge is 0.469 e. The van der Waals surface area contributed by atoms with Crippen molar-refractivity contribution in [2.75, 3.05) is 32.7 Å². The van der Waals surface area contributed by atoms with E-state index in [1.54, 1.807) is 24.3 Å². The molecule has 0 radical (unpaired) electrons. The van der Waals surface area contributed by atoms with Crippen molar-refractivity contribution in [1.82, 2.24) is 5.32 Å². The first-order valence-corrected chi connectivity index (χ1v) is 6.31. The highest BCUT2D eigenvalue weighted by Gasteiger charge is 2.14. The van der Waals surface area contributed by atoms with Crippen LogP contribution in [-0.2, 0) is 19.1 Å². The third-order valence-electron chi connectivity index (χ3n) is 2.57. The number of anilines is 1. The van der Waals surface area contributed by atoms with Crippen LogP contribution >= 0.6 is 0 Å². The molecule has 0 saturated heterocycles. The summed E-state index contributed by atoms with van der Waals surface area (Å²) >= 11 is 0. The molecule has 7 heteroatoms. The molecule has 21 heavy (non-hydrogen) atoms. The first-order valence-electron chi connectivity index (χ1n) is 6.31. The number of carbonyl (C=O) groups excluding carboxylic acids is 3. The van der Waals surface area contributed by atoms with Crippen LogP contribution in [0.25, 0.3) is 0 Å². The predicted molar refractivity (Wildman–Crippen MR) is 75.9 cm³/mol. The molecule has 0 saturated carbocycles. The van der Waals surface area contributed by atoms with Crippen molar-refractivity contribution in [3.05, 3.63) is 29.8 Å². The number of amides is 2. The Morgan fingerprint density at radius 1 is 1.14 bits per heavy atom. The molecule has 0 atom stereocenters. The van der Waals surface area contributed by atoms with E-state index in [1.165, 1.54) is 14.2 Å². The number of benzene rings is 1. The van der Waals surface area contributed by atoms with Crippen LogP contribution in [0.1, 0.15) is 16.8 Å². The second-order valence-electron chi connectivity index (χ2n) is 4.10. The topological polar surface area (TPSA) is 93.7 Å². The number of methoxy groups -OCH3 is 2. The lowest BCUT2D eigenvalue weighted by Gasteiger charge is -2.11. The predicted octanol–water partition coefficient (Wildman–Crippen LogP) is 0.564. The maximum Gasteiger partial charge on any atom is 0.315 e. The third kappa shape index (κ3) is 5.62. The van der Waals surface area contributed by atoms with Gasteiger partial charge in [-0.3, -0.25) is 14.4 Å². The fourth-order valence-electron chi connectivity index (χ4n) is 1.55. The fraction of sp³-hybridized carbons (Fsp3) is 0.357. The Morgan fingerprint density at radius 2 is 1.86 bits per heavy atom. The van der Waals surface area contributed by atoms with E-state index < -0.39 is 18.3 Å². The number of para-hydroxylation sites is 1. The molecule has 1 aromatic carbocycles. The second-order valence-corrected chi connectivity index (χ2v) is 4.10. The maximum atomic E-state index is 12.0. The van der Waals surface area contributed by atoms with Crippen LogP contribution in [0.15, 0.2) is 24.3 Å². The molecule has 2 amide bonds. The van der Waals surface area contributed by atoms with Gasteiger partial charge in [0.15, 0.2) is 0 Å². The average Bonchev–Trinajstić information content (AvgIpc) is 2.47. The van der Waals surface area contributed by atoms with Crippen molar-refractivity contribution in [3.8, 4) is 0 Å². The zero-order valence-corrected chi connectivity index (χ0v) is 12.0. The molecule has 0 aromatic heterocycles. The van der Waals surface area contributed by atoms with Gasteiger partial charge in [0.25, 0.3) is 5.91 Å². The molecule has 0 fully saturated rings. The summed E-state index contributed by atoms with van der Waals surface area (Å²) in [6.45, 7) is 0.752. The molecule has 7 nitrogen and oxygen atoms in total. The quantitative estimate of drug-likeness (QED) is 0.435. The maximum absolute atomic E-state index is 12.0. The smallest absolute Gasteiger partial charge is 0.315 e. The highest BCUT2D eigenvalue weighted by atomic mass is 16.5. The highest BCUT2D eigenvalue weighted by Crippen LogP contribution is 2.15. The van der Waals surface area contributed by atoms with E-state index in [0.717, 1.165) is 0 Å². The van der Waals surface area contributed by atoms with E-state index in [-0.39, 0.29) is 5.91 Å². The summed E-state index contributed by atoms with van der Waals surface area (Å²) in [6, 6.07) is 6.52. The fourth-order valence-corrected chi connectivity index (χ4v) is 1.55. The Bertz CT molecular complexity index is 516. The van der Waals surface area contributed by atoms with Crippen molar-refractivity contribution in [1.29, 1.82) is 0 Å². The molecule has 0 aliphatic carbocycles. The van der Waals surface area contributed by atoms with E-state index in [0.29, 0.717) is 24.4 Å². The van der Waals surface area contributed by atoms with E-state index in [9.17, 15) is 14.4 Å². The van der Waals surface area contributed by atoms with Crippen LogP contribution in [0.5, 0.6) is 0 Å². The standard InChI is InChI=1S/C14H18N2O5/c1-20-8-7-15-14(19)10-5-3-4-6-11(10)16-12(17)9-13(18)21-2/h3-6H,7-9H2,1-2H3,(H,15,19)(H,16,17). The lowest BCUT2D eigenvalue weighted by Crippen LogP contribution is -2.28. The Balaban J connectivity index is 2.72. The normalized spacial score (nSPS) is 9.81. The number of hydrogen-bond donors (Lipinski definition) is 2. The van der Waals surface area contributed by atoms with Gasteiger partial charge < -0.3 is 20.1 Å². The summed E-state index contributed by atoms with van der Waals surface area (Å²) in [5, 5.41) is 5.17. The van der Waals surface area contributed by atoms with Crippen LogP contribution < -0.4 is 10.6 Å². The van der Waals surface area contributed by atoms with Gasteiger partial charge in [-0.25, -0.2) is 0 Å². The lowest BCUT2D eigenvalue weighted by atomic mass is 10.1. The van der Waals surface area contributed by atoms with Gasteiger partial charge in [0.1, 0.15) is 6.42 Å². The Hall–Kier alpha value is -2.41. The van der Waals surface area contributed by atoms with Gasteiger partial charge in [0.05, 0.1) is 25.0 Å². The summed E-state index contributed by atoms with van der Waals surface area (Å²) in [4.78, 5) is 34.7. The average molecular weight is 294 g/mol. The molecule has 2 N–H and O–H groups in total. The zero-order chi connectivity index (χ0) is 15.7. The molecule has 0 aliphatic heterocycles. The lowest BCUT2D eigenvalue weighted by molar-refractivity contribution is -0.142. The van der Waals surface area contributed by atoms with Crippen molar-refractivity contribution in [3.63, 3.8) is 0 Å². The van der Waals surface area contributed by atoms with Crippen LogP contribution in [0, 0.1) is 0 Å². The van der Waals surface area contributed by atoms with E-state index in [4.69, 9.17) is 4.74 Å². The molecule has 1 aromatic rings. The Labute approximate surface area is 122 Å². The molecular formula is C14H18N2O5. The van der Waals surface area contributed by atoms with Gasteiger partial charge in [-0.05, 0) is 12.1 Å². The summed E-state index contributed by atoms with van der Waals surface area (Å²) in [5.74, 6) is -1.52. The first kappa shape index (κ1) is 16.6. The minimum absolute atomic E-state index is 0.312. The van der Waals surface area contributed by atoms with Gasteiger partial charge in [-0.15, -0.1) is 0 Å². The summed E-state index contributed by atoms with van der Waals surface area (Å²) in [7, 11) is 2.74. The molecule has 0 heterocycles. The van der Waals surface area contributed by atoms with Crippen molar-refractivity contribution in [2.24, 2.45) is 0 Å². The number of esters is 1. The number of rotatable bonds is 7. The molecule has 0 aliphatic rings. The molecule has 0 spiro atoms. The molecule has 1 rings (SSSR count). The van der Waals surface area contributed by atoms with Gasteiger partial charge in [-0.2, -0.15) is 0 Å². The zero-order valence-electron chi connectivity index (χ0n) is 12.0. The van der Waals surface area contributed by atoms with Crippen molar-refractivity contribution < 1.29 is 23.9 Å². The molecule has 0 unspecified atom stereocenters. The number of hydrogen-bond acceptors (Lipinski definition) is 5. The van der Waals surface area contributed by atoms with Crippen LogP contribution in [-0.4, -0.2) is 45.2 Å². The van der Waals surface area contributed by atoms with Crippen LogP contribution in [0.3, 0.4) is 0 Å². The van der Waals surface area contributed by atoms with Gasteiger partial charge in [0.2, 0.25) is 5.91 Å². The Morgan fingerprint density at radius 3 is 2.52 bits per heavy atom. The molecule has 0 bridgehead atoms. The minimum atomic E-state index is -0.644. The monoisotopic (exact) mass is 294 g/mol. The summed E-state index contributed by atoms with van der Waals surface area (Å²) in [6.07, 6.45) is -0.407. The SMILES string of the molecule is COCCNC(=O)c1ccccc1NC(=O)CC(=O)OC. The summed E-state index contributed by atoms with van der Waals surface area (Å²) in [5.41, 5.74) is 0.646. The van der Waals surface area contributed by atoms with E-state index in [2.05, 4.69) is 15.4 Å². The van der Waals surface area contributed by atoms with Crippen LogP contribution in [0.4, 0.5) is 5.69 Å². The van der Waals surface area contributed by atoms with Crippen LogP contribution in [0.2, 0.25) is 0 Å².